The van der Waals surface area contributed by atoms with Gasteiger partial charge in [-0.25, -0.2) is 9.78 Å². The lowest BCUT2D eigenvalue weighted by Crippen LogP contribution is -2.11. The van der Waals surface area contributed by atoms with E-state index in [-0.39, 0.29) is 11.8 Å². The van der Waals surface area contributed by atoms with Gasteiger partial charge >= 0.3 is 5.97 Å². The number of aromatic nitrogens is 2. The third-order valence-corrected chi connectivity index (χ3v) is 4.19. The van der Waals surface area contributed by atoms with Crippen molar-refractivity contribution in [3.05, 3.63) is 47.7 Å². The summed E-state index contributed by atoms with van der Waals surface area (Å²) in [7, 11) is 1.74. The molecule has 0 aliphatic rings. The number of benzene rings is 1. The zero-order valence-electron chi connectivity index (χ0n) is 14.9. The maximum Gasteiger partial charge on any atom is 0.356 e. The van der Waals surface area contributed by atoms with Crippen LogP contribution in [-0.4, -0.2) is 26.7 Å². The molecule has 0 unspecified atom stereocenters. The van der Waals surface area contributed by atoms with Crippen LogP contribution in [0, 0.1) is 0 Å². The molecule has 1 aromatic carbocycles. The largest absolute Gasteiger partial charge is 0.486 e. The first-order chi connectivity index (χ1) is 11.9. The van der Waals surface area contributed by atoms with Crippen LogP contribution in [0.1, 0.15) is 36.8 Å². The second kappa shape index (κ2) is 6.59. The fraction of sp³-hybridized carbons (Fsp3) is 0.300. The molecule has 0 aliphatic carbocycles. The van der Waals surface area contributed by atoms with Crippen molar-refractivity contribution in [1.29, 1.82) is 0 Å². The van der Waals surface area contributed by atoms with E-state index in [2.05, 4.69) is 6.92 Å². The van der Waals surface area contributed by atoms with Gasteiger partial charge in [-0.05, 0) is 31.9 Å². The molecule has 25 heavy (non-hydrogen) atoms. The number of hydrogen-bond donors (Lipinski definition) is 1. The highest BCUT2D eigenvalue weighted by Gasteiger charge is 2.25. The molecule has 0 aliphatic heterocycles. The Balaban J connectivity index is 2.36. The third-order valence-electron chi connectivity index (χ3n) is 4.19. The van der Waals surface area contributed by atoms with E-state index in [9.17, 15) is 9.90 Å². The molecule has 0 radical (unpaired) electrons. The highest BCUT2D eigenvalue weighted by molar-refractivity contribution is 6.00. The monoisotopic (exact) mass is 338 g/mol. The van der Waals surface area contributed by atoms with E-state index in [0.717, 1.165) is 28.8 Å². The van der Waals surface area contributed by atoms with E-state index in [4.69, 9.17) is 9.72 Å². The Morgan fingerprint density at radius 2 is 1.96 bits per heavy atom. The van der Waals surface area contributed by atoms with Crippen LogP contribution in [0.3, 0.4) is 0 Å². The SMILES string of the molecule is CCc1cc2c(nc1-c1ccccc1)c(OC(C)C)c(C(=O)O)n2C. The Hall–Kier alpha value is -2.82. The van der Waals surface area contributed by atoms with Crippen LogP contribution in [-0.2, 0) is 13.5 Å². The lowest BCUT2D eigenvalue weighted by atomic mass is 10.0. The van der Waals surface area contributed by atoms with Crippen molar-refractivity contribution in [3.8, 4) is 17.0 Å². The molecule has 1 N–H and O–H groups in total. The summed E-state index contributed by atoms with van der Waals surface area (Å²) < 4.78 is 7.49. The van der Waals surface area contributed by atoms with Crippen LogP contribution in [0.25, 0.3) is 22.3 Å². The second-order valence-corrected chi connectivity index (χ2v) is 6.29. The molecule has 0 spiro atoms. The molecule has 0 bridgehead atoms. The molecule has 2 aromatic heterocycles. The molecule has 5 nitrogen and oxygen atoms in total. The normalized spacial score (nSPS) is 11.2. The van der Waals surface area contributed by atoms with E-state index in [1.807, 2.05) is 50.2 Å². The van der Waals surface area contributed by atoms with E-state index in [1.54, 1.807) is 11.6 Å². The number of carboxylic acids is 1. The van der Waals surface area contributed by atoms with Gasteiger partial charge in [-0.1, -0.05) is 37.3 Å². The first-order valence-corrected chi connectivity index (χ1v) is 8.41. The summed E-state index contributed by atoms with van der Waals surface area (Å²) in [5.74, 6) is -0.685. The van der Waals surface area contributed by atoms with Gasteiger partial charge in [0.1, 0.15) is 5.52 Å². The third kappa shape index (κ3) is 2.97. The minimum Gasteiger partial charge on any atom is -0.486 e. The van der Waals surface area contributed by atoms with Crippen molar-refractivity contribution in [2.75, 3.05) is 0 Å². The van der Waals surface area contributed by atoms with Crippen LogP contribution in [0.4, 0.5) is 0 Å². The van der Waals surface area contributed by atoms with Crippen molar-refractivity contribution in [2.24, 2.45) is 7.05 Å². The predicted octanol–water partition coefficient (Wildman–Crippen LogP) is 4.29. The summed E-state index contributed by atoms with van der Waals surface area (Å²) in [6.07, 6.45) is 0.665. The molecule has 5 heteroatoms. The standard InChI is InChI=1S/C20H22N2O3/c1-5-13-11-15-17(21-16(13)14-9-7-6-8-10-14)19(25-12(2)3)18(20(23)24)22(15)4/h6-12H,5H2,1-4H3,(H,23,24). The molecule has 0 amide bonds. The maximum atomic E-state index is 11.8. The number of ether oxygens (including phenoxy) is 1. The summed E-state index contributed by atoms with van der Waals surface area (Å²) in [6.45, 7) is 5.83. The molecular weight excluding hydrogens is 316 g/mol. The van der Waals surface area contributed by atoms with Gasteiger partial charge in [0, 0.05) is 12.6 Å². The summed E-state index contributed by atoms with van der Waals surface area (Å²) in [6, 6.07) is 11.9. The van der Waals surface area contributed by atoms with Gasteiger partial charge in [-0.3, -0.25) is 0 Å². The van der Waals surface area contributed by atoms with Crippen molar-refractivity contribution in [3.63, 3.8) is 0 Å². The number of aryl methyl sites for hydroxylation is 2. The fourth-order valence-corrected chi connectivity index (χ4v) is 3.05. The number of hydrogen-bond acceptors (Lipinski definition) is 3. The van der Waals surface area contributed by atoms with E-state index < -0.39 is 5.97 Å². The summed E-state index contributed by atoms with van der Waals surface area (Å²) in [4.78, 5) is 16.6. The average Bonchev–Trinajstić information content (AvgIpc) is 2.85. The number of aromatic carboxylic acids is 1. The van der Waals surface area contributed by atoms with Gasteiger partial charge < -0.3 is 14.4 Å². The molecule has 0 atom stereocenters. The average molecular weight is 338 g/mol. The Labute approximate surface area is 146 Å². The maximum absolute atomic E-state index is 11.8. The lowest BCUT2D eigenvalue weighted by Gasteiger charge is -2.11. The number of carboxylic acid groups (broad SMARTS) is 1. The Morgan fingerprint density at radius 3 is 2.52 bits per heavy atom. The van der Waals surface area contributed by atoms with Crippen LogP contribution in [0.2, 0.25) is 0 Å². The lowest BCUT2D eigenvalue weighted by molar-refractivity contribution is 0.0680. The molecule has 0 fully saturated rings. The zero-order valence-corrected chi connectivity index (χ0v) is 14.9. The molecule has 2 heterocycles. The highest BCUT2D eigenvalue weighted by Crippen LogP contribution is 2.35. The molecule has 3 aromatic rings. The summed E-state index contributed by atoms with van der Waals surface area (Å²) in [5.41, 5.74) is 4.44. The quantitative estimate of drug-likeness (QED) is 0.754. The van der Waals surface area contributed by atoms with Gasteiger partial charge in [-0.2, -0.15) is 0 Å². The second-order valence-electron chi connectivity index (χ2n) is 6.29. The van der Waals surface area contributed by atoms with E-state index in [0.29, 0.717) is 11.3 Å². The van der Waals surface area contributed by atoms with Gasteiger partial charge in [0.15, 0.2) is 11.4 Å². The summed E-state index contributed by atoms with van der Waals surface area (Å²) in [5, 5.41) is 9.64. The van der Waals surface area contributed by atoms with E-state index in [1.165, 1.54) is 0 Å². The molecule has 3 rings (SSSR count). The number of pyridine rings is 1. The Bertz CT molecular complexity index is 927. The predicted molar refractivity (Wildman–Crippen MR) is 98.3 cm³/mol. The zero-order chi connectivity index (χ0) is 18.1. The summed E-state index contributed by atoms with van der Waals surface area (Å²) >= 11 is 0. The van der Waals surface area contributed by atoms with Crippen LogP contribution in [0.5, 0.6) is 5.75 Å². The van der Waals surface area contributed by atoms with Gasteiger partial charge in [0.2, 0.25) is 0 Å². The number of rotatable bonds is 5. The van der Waals surface area contributed by atoms with E-state index >= 15 is 0 Å². The fourth-order valence-electron chi connectivity index (χ4n) is 3.05. The molecule has 0 saturated heterocycles. The minimum atomic E-state index is -1.02. The number of nitrogens with zero attached hydrogens (tertiary/aromatic N) is 2. The molecule has 0 saturated carbocycles. The van der Waals surface area contributed by atoms with Crippen molar-refractivity contribution < 1.29 is 14.6 Å². The van der Waals surface area contributed by atoms with Crippen molar-refractivity contribution in [2.45, 2.75) is 33.3 Å². The van der Waals surface area contributed by atoms with Crippen LogP contribution < -0.4 is 4.74 Å². The number of carbonyl (C=O) groups is 1. The topological polar surface area (TPSA) is 64.3 Å². The Morgan fingerprint density at radius 1 is 1.28 bits per heavy atom. The first-order valence-electron chi connectivity index (χ1n) is 8.41. The highest BCUT2D eigenvalue weighted by atomic mass is 16.5. The number of fused-ring (bicyclic) bond motifs is 1. The van der Waals surface area contributed by atoms with Crippen molar-refractivity contribution in [1.82, 2.24) is 9.55 Å². The molecular formula is C20H22N2O3. The van der Waals surface area contributed by atoms with Gasteiger partial charge in [0.25, 0.3) is 0 Å². The minimum absolute atomic E-state index is 0.128. The van der Waals surface area contributed by atoms with Gasteiger partial charge in [-0.15, -0.1) is 0 Å². The first kappa shape index (κ1) is 17.0. The van der Waals surface area contributed by atoms with Gasteiger partial charge in [0.05, 0.1) is 17.3 Å². The van der Waals surface area contributed by atoms with Crippen LogP contribution in [0.15, 0.2) is 36.4 Å². The smallest absolute Gasteiger partial charge is 0.356 e. The Kier molecular flexibility index (Phi) is 4.49. The van der Waals surface area contributed by atoms with Crippen LogP contribution >= 0.6 is 0 Å². The van der Waals surface area contributed by atoms with Crippen molar-refractivity contribution >= 4 is 17.0 Å². The molecule has 130 valence electrons.